The molecule has 0 radical (unpaired) electrons. The van der Waals surface area contributed by atoms with Crippen molar-refractivity contribution in [1.29, 1.82) is 0 Å². The summed E-state index contributed by atoms with van der Waals surface area (Å²) >= 11 is 0. The average molecular weight is 344 g/mol. The molecule has 1 amide bonds. The van der Waals surface area contributed by atoms with Gasteiger partial charge < -0.3 is 15.0 Å². The molecule has 4 rings (SSSR count). The Balaban J connectivity index is 1.40. The Bertz CT molecular complexity index is 604. The number of anilines is 1. The number of carbonyl (C=O) groups excluding carboxylic acids is 1. The van der Waals surface area contributed by atoms with E-state index in [1.165, 1.54) is 38.4 Å². The highest BCUT2D eigenvalue weighted by Crippen LogP contribution is 2.38. The smallest absolute Gasteiger partial charge is 0.270 e. The maximum atomic E-state index is 12.7. The third-order valence-corrected chi connectivity index (χ3v) is 5.91. The van der Waals surface area contributed by atoms with Gasteiger partial charge in [0.25, 0.3) is 5.91 Å². The van der Waals surface area contributed by atoms with E-state index >= 15 is 0 Å². The van der Waals surface area contributed by atoms with Gasteiger partial charge in [-0.1, -0.05) is 19.3 Å². The topological polar surface area (TPSA) is 67.3 Å². The summed E-state index contributed by atoms with van der Waals surface area (Å²) in [7, 11) is 0. The van der Waals surface area contributed by atoms with Gasteiger partial charge in [-0.05, 0) is 38.5 Å². The van der Waals surface area contributed by atoms with Crippen LogP contribution in [0.3, 0.4) is 0 Å². The fraction of sp³-hybridized carbons (Fsp3) is 0.737. The van der Waals surface area contributed by atoms with Gasteiger partial charge in [-0.25, -0.2) is 9.97 Å². The lowest BCUT2D eigenvalue weighted by Gasteiger charge is -2.43. The summed E-state index contributed by atoms with van der Waals surface area (Å²) in [5.41, 5.74) is 0.474. The molecule has 0 aromatic carbocycles. The van der Waals surface area contributed by atoms with E-state index in [0.29, 0.717) is 5.69 Å². The molecule has 25 heavy (non-hydrogen) atoms. The van der Waals surface area contributed by atoms with Crippen LogP contribution in [0.4, 0.5) is 5.82 Å². The second-order valence-electron chi connectivity index (χ2n) is 7.71. The van der Waals surface area contributed by atoms with Crippen molar-refractivity contribution in [2.45, 2.75) is 69.4 Å². The predicted molar refractivity (Wildman–Crippen MR) is 95.7 cm³/mol. The van der Waals surface area contributed by atoms with Crippen LogP contribution in [0.15, 0.2) is 12.4 Å². The van der Waals surface area contributed by atoms with Crippen molar-refractivity contribution in [3.8, 4) is 0 Å². The lowest BCUT2D eigenvalue weighted by Crippen LogP contribution is -2.49. The standard InChI is InChI=1S/C19H28N4O2/c24-18(16-12-17(21-14-20-16)23-9-4-5-10-23)22-15-6-11-25-19(13-15)7-2-1-3-8-19/h12,14-15H,1-11,13H2,(H,22,24). The fourth-order valence-electron chi connectivity index (χ4n) is 4.55. The number of hydrogen-bond acceptors (Lipinski definition) is 5. The highest BCUT2D eigenvalue weighted by molar-refractivity contribution is 5.93. The zero-order chi connectivity index (χ0) is 17.1. The number of rotatable bonds is 3. The minimum absolute atomic E-state index is 0.000823. The molecular formula is C19H28N4O2. The molecule has 3 heterocycles. The quantitative estimate of drug-likeness (QED) is 0.913. The first kappa shape index (κ1) is 16.8. The molecule has 3 aliphatic rings. The molecule has 1 unspecified atom stereocenters. The van der Waals surface area contributed by atoms with Gasteiger partial charge in [0.15, 0.2) is 0 Å². The molecule has 6 heteroatoms. The van der Waals surface area contributed by atoms with Crippen LogP contribution in [-0.2, 0) is 4.74 Å². The second kappa shape index (κ2) is 7.28. The van der Waals surface area contributed by atoms with Crippen LogP contribution in [0.25, 0.3) is 0 Å². The third-order valence-electron chi connectivity index (χ3n) is 5.91. The molecule has 136 valence electrons. The molecular weight excluding hydrogens is 316 g/mol. The van der Waals surface area contributed by atoms with E-state index < -0.39 is 0 Å². The van der Waals surface area contributed by atoms with E-state index in [4.69, 9.17) is 4.74 Å². The summed E-state index contributed by atoms with van der Waals surface area (Å²) in [6.45, 7) is 2.77. The summed E-state index contributed by atoms with van der Waals surface area (Å²) in [6.07, 6.45) is 11.8. The first-order valence-electron chi connectivity index (χ1n) is 9.76. The molecule has 1 aromatic heterocycles. The van der Waals surface area contributed by atoms with E-state index in [2.05, 4.69) is 20.2 Å². The van der Waals surface area contributed by atoms with Crippen molar-refractivity contribution < 1.29 is 9.53 Å². The maximum Gasteiger partial charge on any atom is 0.270 e. The minimum atomic E-state index is -0.0827. The van der Waals surface area contributed by atoms with Gasteiger partial charge in [-0.3, -0.25) is 4.79 Å². The van der Waals surface area contributed by atoms with Crippen molar-refractivity contribution in [3.63, 3.8) is 0 Å². The van der Waals surface area contributed by atoms with Crippen LogP contribution in [0.5, 0.6) is 0 Å². The summed E-state index contributed by atoms with van der Waals surface area (Å²) in [5, 5.41) is 3.20. The van der Waals surface area contributed by atoms with Gasteiger partial charge in [0, 0.05) is 31.8 Å². The highest BCUT2D eigenvalue weighted by Gasteiger charge is 2.39. The summed E-state index contributed by atoms with van der Waals surface area (Å²) in [6, 6.07) is 2.01. The van der Waals surface area contributed by atoms with Gasteiger partial charge in [-0.15, -0.1) is 0 Å². The molecule has 1 saturated carbocycles. The SMILES string of the molecule is O=C(NC1CCOC2(CCCCC2)C1)c1cc(N2CCCC2)ncn1. The van der Waals surface area contributed by atoms with Crippen molar-refractivity contribution in [1.82, 2.24) is 15.3 Å². The highest BCUT2D eigenvalue weighted by atomic mass is 16.5. The van der Waals surface area contributed by atoms with Crippen LogP contribution in [-0.4, -0.2) is 47.2 Å². The molecule has 1 atom stereocenters. The van der Waals surface area contributed by atoms with E-state index in [1.54, 1.807) is 0 Å². The van der Waals surface area contributed by atoms with Gasteiger partial charge in [0.05, 0.1) is 5.60 Å². The Morgan fingerprint density at radius 2 is 1.96 bits per heavy atom. The number of hydrogen-bond donors (Lipinski definition) is 1. The number of aromatic nitrogens is 2. The Morgan fingerprint density at radius 3 is 2.76 bits per heavy atom. The van der Waals surface area contributed by atoms with Crippen LogP contribution in [0, 0.1) is 0 Å². The summed E-state index contributed by atoms with van der Waals surface area (Å²) in [5.74, 6) is 0.786. The van der Waals surface area contributed by atoms with Gasteiger partial charge in [0.2, 0.25) is 0 Å². The Hall–Kier alpha value is -1.69. The Labute approximate surface area is 149 Å². The van der Waals surface area contributed by atoms with Crippen molar-refractivity contribution in [2.24, 2.45) is 0 Å². The van der Waals surface area contributed by atoms with E-state index in [1.807, 2.05) is 6.07 Å². The van der Waals surface area contributed by atoms with Crippen molar-refractivity contribution in [2.75, 3.05) is 24.6 Å². The zero-order valence-corrected chi connectivity index (χ0v) is 14.9. The lowest BCUT2D eigenvalue weighted by molar-refractivity contribution is -0.107. The first-order chi connectivity index (χ1) is 12.2. The molecule has 1 aromatic rings. The molecule has 0 bridgehead atoms. The maximum absolute atomic E-state index is 12.7. The van der Waals surface area contributed by atoms with Crippen LogP contribution >= 0.6 is 0 Å². The van der Waals surface area contributed by atoms with Crippen LogP contribution in [0.2, 0.25) is 0 Å². The molecule has 1 N–H and O–H groups in total. The molecule has 2 aliphatic heterocycles. The number of amides is 1. The first-order valence-corrected chi connectivity index (χ1v) is 9.76. The third kappa shape index (κ3) is 3.78. The predicted octanol–water partition coefficient (Wildman–Crippen LogP) is 2.69. The van der Waals surface area contributed by atoms with Crippen molar-refractivity contribution >= 4 is 11.7 Å². The normalized spacial score (nSPS) is 25.9. The molecule has 3 fully saturated rings. The number of nitrogens with one attached hydrogen (secondary N) is 1. The number of ether oxygens (including phenoxy) is 1. The summed E-state index contributed by atoms with van der Waals surface area (Å²) < 4.78 is 6.13. The van der Waals surface area contributed by atoms with E-state index in [9.17, 15) is 4.79 Å². The van der Waals surface area contributed by atoms with Gasteiger partial charge in [-0.2, -0.15) is 0 Å². The Kier molecular flexibility index (Phi) is 4.88. The van der Waals surface area contributed by atoms with Crippen molar-refractivity contribution in [3.05, 3.63) is 18.1 Å². The van der Waals surface area contributed by atoms with Crippen LogP contribution in [0.1, 0.15) is 68.3 Å². The molecule has 2 saturated heterocycles. The second-order valence-corrected chi connectivity index (χ2v) is 7.71. The monoisotopic (exact) mass is 344 g/mol. The van der Waals surface area contributed by atoms with Gasteiger partial charge >= 0.3 is 0 Å². The molecule has 6 nitrogen and oxygen atoms in total. The van der Waals surface area contributed by atoms with E-state index in [-0.39, 0.29) is 17.6 Å². The Morgan fingerprint density at radius 1 is 1.16 bits per heavy atom. The largest absolute Gasteiger partial charge is 0.375 e. The lowest BCUT2D eigenvalue weighted by atomic mass is 9.78. The number of nitrogens with zero attached hydrogens (tertiary/aromatic N) is 3. The fourth-order valence-corrected chi connectivity index (χ4v) is 4.55. The number of carbonyl (C=O) groups is 1. The zero-order valence-electron chi connectivity index (χ0n) is 14.9. The van der Waals surface area contributed by atoms with E-state index in [0.717, 1.165) is 51.2 Å². The van der Waals surface area contributed by atoms with Gasteiger partial charge in [0.1, 0.15) is 17.8 Å². The minimum Gasteiger partial charge on any atom is -0.375 e. The molecule has 1 aliphatic carbocycles. The van der Waals surface area contributed by atoms with Crippen LogP contribution < -0.4 is 10.2 Å². The summed E-state index contributed by atoms with van der Waals surface area (Å²) in [4.78, 5) is 23.4. The average Bonchev–Trinajstić information content (AvgIpc) is 3.17. The molecule has 1 spiro atoms.